The number of benzene rings is 1. The van der Waals surface area contributed by atoms with Gasteiger partial charge in [-0.3, -0.25) is 9.59 Å². The number of nitrogens with two attached hydrogens (primary N) is 1. The fourth-order valence-corrected chi connectivity index (χ4v) is 1.69. The first-order valence-corrected chi connectivity index (χ1v) is 6.36. The summed E-state index contributed by atoms with van der Waals surface area (Å²) in [6.45, 7) is 2.14. The Bertz CT molecular complexity index is 462. The second-order valence-electron chi connectivity index (χ2n) is 4.22. The zero-order chi connectivity index (χ0) is 15.0. The third-order valence-corrected chi connectivity index (χ3v) is 2.69. The predicted octanol–water partition coefficient (Wildman–Crippen LogP) is 0.244. The summed E-state index contributed by atoms with van der Waals surface area (Å²) in [4.78, 5) is 23.0. The van der Waals surface area contributed by atoms with Crippen LogP contribution in [0.3, 0.4) is 0 Å². The van der Waals surface area contributed by atoms with Crippen molar-refractivity contribution < 1.29 is 19.1 Å². The van der Waals surface area contributed by atoms with E-state index in [9.17, 15) is 9.59 Å². The van der Waals surface area contributed by atoms with Crippen LogP contribution in [0.1, 0.15) is 12.5 Å². The van der Waals surface area contributed by atoms with Crippen molar-refractivity contribution >= 4 is 11.8 Å². The maximum Gasteiger partial charge on any atom is 0.246 e. The van der Waals surface area contributed by atoms with Crippen molar-refractivity contribution in [2.45, 2.75) is 19.4 Å². The highest BCUT2D eigenvalue weighted by Crippen LogP contribution is 2.14. The van der Waals surface area contributed by atoms with Crippen molar-refractivity contribution in [3.05, 3.63) is 29.8 Å². The van der Waals surface area contributed by atoms with Crippen LogP contribution in [0.4, 0.5) is 0 Å². The summed E-state index contributed by atoms with van der Waals surface area (Å²) in [6, 6.07) is 6.48. The number of nitrogens with one attached hydrogen (secondary N) is 1. The van der Waals surface area contributed by atoms with Crippen LogP contribution in [0.2, 0.25) is 0 Å². The zero-order valence-corrected chi connectivity index (χ0v) is 11.7. The largest absolute Gasteiger partial charge is 0.497 e. The average Bonchev–Trinajstić information content (AvgIpc) is 2.44. The van der Waals surface area contributed by atoms with Crippen LogP contribution < -0.4 is 15.8 Å². The topological polar surface area (TPSA) is 90.7 Å². The van der Waals surface area contributed by atoms with Crippen molar-refractivity contribution in [2.24, 2.45) is 5.73 Å². The van der Waals surface area contributed by atoms with Gasteiger partial charge in [-0.1, -0.05) is 12.1 Å². The van der Waals surface area contributed by atoms with Crippen molar-refractivity contribution in [1.82, 2.24) is 5.32 Å². The van der Waals surface area contributed by atoms with Gasteiger partial charge in [-0.15, -0.1) is 0 Å². The number of hydrogen-bond acceptors (Lipinski definition) is 4. The van der Waals surface area contributed by atoms with Gasteiger partial charge in [-0.25, -0.2) is 0 Å². The molecule has 0 spiro atoms. The molecule has 0 bridgehead atoms. The smallest absolute Gasteiger partial charge is 0.246 e. The van der Waals surface area contributed by atoms with Gasteiger partial charge >= 0.3 is 0 Å². The van der Waals surface area contributed by atoms with Crippen LogP contribution in [0, 0.1) is 0 Å². The Kier molecular flexibility index (Phi) is 6.52. The molecule has 1 rings (SSSR count). The number of primary amides is 1. The first-order chi connectivity index (χ1) is 9.56. The molecular weight excluding hydrogens is 260 g/mol. The van der Waals surface area contributed by atoms with Gasteiger partial charge in [0.25, 0.3) is 0 Å². The zero-order valence-electron chi connectivity index (χ0n) is 11.7. The summed E-state index contributed by atoms with van der Waals surface area (Å²) < 4.78 is 10.1. The van der Waals surface area contributed by atoms with Gasteiger partial charge in [0.15, 0.2) is 0 Å². The summed E-state index contributed by atoms with van der Waals surface area (Å²) in [5.74, 6) is -0.262. The van der Waals surface area contributed by atoms with Gasteiger partial charge in [0, 0.05) is 13.0 Å². The van der Waals surface area contributed by atoms with E-state index in [0.717, 1.165) is 5.56 Å². The molecule has 3 N–H and O–H groups in total. The maximum absolute atomic E-state index is 11.6. The van der Waals surface area contributed by atoms with E-state index in [1.165, 1.54) is 0 Å². The molecule has 0 aromatic heterocycles. The molecule has 0 aliphatic rings. The highest BCUT2D eigenvalue weighted by Gasteiger charge is 2.18. The summed E-state index contributed by atoms with van der Waals surface area (Å²) in [5.41, 5.74) is 6.16. The van der Waals surface area contributed by atoms with Crippen LogP contribution in [0.15, 0.2) is 24.3 Å². The van der Waals surface area contributed by atoms with E-state index in [1.54, 1.807) is 26.2 Å². The van der Waals surface area contributed by atoms with E-state index in [4.69, 9.17) is 15.2 Å². The quantitative estimate of drug-likeness (QED) is 0.714. The molecule has 0 aliphatic carbocycles. The minimum Gasteiger partial charge on any atom is -0.497 e. The monoisotopic (exact) mass is 280 g/mol. The maximum atomic E-state index is 11.6. The molecule has 2 amide bonds. The van der Waals surface area contributed by atoms with E-state index in [2.05, 4.69) is 5.32 Å². The average molecular weight is 280 g/mol. The molecule has 6 heteroatoms. The van der Waals surface area contributed by atoms with Crippen LogP contribution in [-0.2, 0) is 20.7 Å². The molecule has 0 saturated carbocycles. The standard InChI is InChI=1S/C14H20N2O4/c1-3-20-9-13(17)16-12(14(15)18)8-10-5-4-6-11(7-10)19-2/h4-7,12H,3,8-9H2,1-2H3,(H2,15,18)(H,16,17)/t12-/m1/s1. The normalized spacial score (nSPS) is 11.7. The van der Waals surface area contributed by atoms with Gasteiger partial charge in [-0.05, 0) is 24.6 Å². The van der Waals surface area contributed by atoms with Crippen molar-refractivity contribution in [2.75, 3.05) is 20.3 Å². The lowest BCUT2D eigenvalue weighted by molar-refractivity contribution is -0.130. The number of hydrogen-bond donors (Lipinski definition) is 2. The molecule has 6 nitrogen and oxygen atoms in total. The predicted molar refractivity (Wildman–Crippen MR) is 74.3 cm³/mol. The third kappa shape index (κ3) is 5.27. The van der Waals surface area contributed by atoms with E-state index in [0.29, 0.717) is 18.8 Å². The molecule has 0 saturated heterocycles. The number of methoxy groups -OCH3 is 1. The highest BCUT2D eigenvalue weighted by molar-refractivity contribution is 5.87. The summed E-state index contributed by atoms with van der Waals surface area (Å²) >= 11 is 0. The first kappa shape index (κ1) is 16.0. The number of amides is 2. The third-order valence-electron chi connectivity index (χ3n) is 2.69. The molecular formula is C14H20N2O4. The van der Waals surface area contributed by atoms with Gasteiger partial charge in [0.05, 0.1) is 7.11 Å². The fraction of sp³-hybridized carbons (Fsp3) is 0.429. The molecule has 0 aliphatic heterocycles. The van der Waals surface area contributed by atoms with Crippen LogP contribution in [-0.4, -0.2) is 38.2 Å². The second kappa shape index (κ2) is 8.16. The first-order valence-electron chi connectivity index (χ1n) is 6.36. The summed E-state index contributed by atoms with van der Waals surface area (Å²) in [5, 5.41) is 2.56. The molecule has 1 aromatic rings. The van der Waals surface area contributed by atoms with Gasteiger partial charge in [-0.2, -0.15) is 0 Å². The Labute approximate surface area is 118 Å². The Balaban J connectivity index is 2.66. The lowest BCUT2D eigenvalue weighted by Crippen LogP contribution is -2.47. The minimum atomic E-state index is -0.768. The molecule has 0 radical (unpaired) electrons. The van der Waals surface area contributed by atoms with Crippen LogP contribution in [0.5, 0.6) is 5.75 Å². The Hall–Kier alpha value is -2.08. The van der Waals surface area contributed by atoms with Gasteiger partial charge in [0.1, 0.15) is 18.4 Å². The van der Waals surface area contributed by atoms with Crippen molar-refractivity contribution in [3.8, 4) is 5.75 Å². The van der Waals surface area contributed by atoms with Gasteiger partial charge in [0.2, 0.25) is 11.8 Å². The Morgan fingerprint density at radius 2 is 2.15 bits per heavy atom. The lowest BCUT2D eigenvalue weighted by atomic mass is 10.1. The molecule has 1 atom stereocenters. The molecule has 110 valence electrons. The highest BCUT2D eigenvalue weighted by atomic mass is 16.5. The van der Waals surface area contributed by atoms with Gasteiger partial charge < -0.3 is 20.5 Å². The van der Waals surface area contributed by atoms with E-state index >= 15 is 0 Å². The number of carbonyl (C=O) groups excluding carboxylic acids is 2. The van der Waals surface area contributed by atoms with E-state index in [1.807, 2.05) is 12.1 Å². The van der Waals surface area contributed by atoms with Crippen molar-refractivity contribution in [1.29, 1.82) is 0 Å². The molecule has 20 heavy (non-hydrogen) atoms. The number of rotatable bonds is 8. The summed E-state index contributed by atoms with van der Waals surface area (Å²) in [6.07, 6.45) is 0.310. The molecule has 0 fully saturated rings. The lowest BCUT2D eigenvalue weighted by Gasteiger charge is -2.16. The van der Waals surface area contributed by atoms with Crippen LogP contribution >= 0.6 is 0 Å². The molecule has 0 unspecified atom stereocenters. The van der Waals surface area contributed by atoms with Crippen LogP contribution in [0.25, 0.3) is 0 Å². The van der Waals surface area contributed by atoms with E-state index < -0.39 is 11.9 Å². The van der Waals surface area contributed by atoms with E-state index in [-0.39, 0.29) is 12.5 Å². The van der Waals surface area contributed by atoms with Crippen molar-refractivity contribution in [3.63, 3.8) is 0 Å². The Morgan fingerprint density at radius 1 is 1.40 bits per heavy atom. The minimum absolute atomic E-state index is 0.0849. The fourth-order valence-electron chi connectivity index (χ4n) is 1.69. The molecule has 0 heterocycles. The molecule has 1 aromatic carbocycles. The second-order valence-corrected chi connectivity index (χ2v) is 4.22. The SMILES string of the molecule is CCOCC(=O)N[C@H](Cc1cccc(OC)c1)C(N)=O. The number of ether oxygens (including phenoxy) is 2. The summed E-state index contributed by atoms with van der Waals surface area (Å²) in [7, 11) is 1.56. The Morgan fingerprint density at radius 3 is 2.75 bits per heavy atom. The number of carbonyl (C=O) groups is 2.